The summed E-state index contributed by atoms with van der Waals surface area (Å²) in [6.07, 6.45) is 4.21. The maximum atomic E-state index is 13.0. The second kappa shape index (κ2) is 9.87. The molecule has 1 aromatic carbocycles. The molecule has 0 aliphatic carbocycles. The summed E-state index contributed by atoms with van der Waals surface area (Å²) in [6, 6.07) is 10.4. The number of aromatic nitrogens is 2. The minimum absolute atomic E-state index is 0.0192. The number of imidazole rings is 1. The zero-order valence-electron chi connectivity index (χ0n) is 17.8. The normalized spacial score (nSPS) is 17.5. The first-order valence-corrected chi connectivity index (χ1v) is 12.1. The number of likely N-dealkylation sites (N-methyl/N-ethyl adjacent to an activating group) is 1. The van der Waals surface area contributed by atoms with Crippen molar-refractivity contribution >= 4 is 9.84 Å². The predicted molar refractivity (Wildman–Crippen MR) is 115 cm³/mol. The molecule has 1 aromatic heterocycles. The lowest BCUT2D eigenvalue weighted by Crippen LogP contribution is -2.26. The van der Waals surface area contributed by atoms with E-state index in [0.717, 1.165) is 31.5 Å². The smallest absolute Gasteiger partial charge is 0.227 e. The van der Waals surface area contributed by atoms with Crippen LogP contribution in [0.3, 0.4) is 0 Å². The van der Waals surface area contributed by atoms with E-state index in [2.05, 4.69) is 55.0 Å². The Balaban J connectivity index is 1.72. The van der Waals surface area contributed by atoms with Gasteiger partial charge in [-0.15, -0.1) is 0 Å². The zero-order chi connectivity index (χ0) is 20.9. The standard InChI is InChI=1S/C22H33N3O3S/c1-18(2)15-25-20(16-24(3)12-11-19-8-5-4-6-9-19)14-23-22(25)29(26,27)17-21-10-7-13-28-21/h4-6,8-9,14,18,21H,7,10-13,15-17H2,1-3H3. The summed E-state index contributed by atoms with van der Waals surface area (Å²) in [7, 11) is -1.42. The molecule has 2 aromatic rings. The first kappa shape index (κ1) is 22.0. The van der Waals surface area contributed by atoms with Gasteiger partial charge in [0.1, 0.15) is 0 Å². The van der Waals surface area contributed by atoms with E-state index in [4.69, 9.17) is 4.74 Å². The topological polar surface area (TPSA) is 64.4 Å². The molecule has 160 valence electrons. The monoisotopic (exact) mass is 419 g/mol. The van der Waals surface area contributed by atoms with Crippen LogP contribution >= 0.6 is 0 Å². The molecule has 0 amide bonds. The summed E-state index contributed by atoms with van der Waals surface area (Å²) in [5.41, 5.74) is 2.25. The summed E-state index contributed by atoms with van der Waals surface area (Å²) in [5.74, 6) is 0.347. The van der Waals surface area contributed by atoms with Crippen molar-refractivity contribution in [3.05, 3.63) is 47.8 Å². The predicted octanol–water partition coefficient (Wildman–Crippen LogP) is 3.17. The molecule has 1 aliphatic heterocycles. The van der Waals surface area contributed by atoms with Crippen molar-refractivity contribution in [2.24, 2.45) is 5.92 Å². The Morgan fingerprint density at radius 3 is 2.69 bits per heavy atom. The van der Waals surface area contributed by atoms with Crippen LogP contribution in [0.1, 0.15) is 37.9 Å². The van der Waals surface area contributed by atoms with Gasteiger partial charge in [0.2, 0.25) is 15.0 Å². The highest BCUT2D eigenvalue weighted by Crippen LogP contribution is 2.21. The second-order valence-electron chi connectivity index (χ2n) is 8.43. The third-order valence-electron chi connectivity index (χ3n) is 5.21. The molecule has 2 heterocycles. The summed E-state index contributed by atoms with van der Waals surface area (Å²) in [6.45, 7) is 7.05. The van der Waals surface area contributed by atoms with Crippen LogP contribution in [0.2, 0.25) is 0 Å². The molecular formula is C22H33N3O3S. The largest absolute Gasteiger partial charge is 0.377 e. The first-order chi connectivity index (χ1) is 13.8. The fourth-order valence-electron chi connectivity index (χ4n) is 3.74. The van der Waals surface area contributed by atoms with Crippen LogP contribution in [0.15, 0.2) is 41.7 Å². The Kier molecular flexibility index (Phi) is 7.49. The highest BCUT2D eigenvalue weighted by molar-refractivity contribution is 7.91. The van der Waals surface area contributed by atoms with Crippen molar-refractivity contribution < 1.29 is 13.2 Å². The fraction of sp³-hybridized carbons (Fsp3) is 0.591. The number of hydrogen-bond donors (Lipinski definition) is 0. The average Bonchev–Trinajstić information content (AvgIpc) is 3.31. The van der Waals surface area contributed by atoms with E-state index in [0.29, 0.717) is 25.6 Å². The number of sulfone groups is 1. The van der Waals surface area contributed by atoms with Gasteiger partial charge in [0.25, 0.3) is 0 Å². The van der Waals surface area contributed by atoms with E-state index in [1.807, 2.05) is 10.6 Å². The molecule has 0 bridgehead atoms. The Bertz CT molecular complexity index is 872. The molecule has 1 atom stereocenters. The Morgan fingerprint density at radius 1 is 1.28 bits per heavy atom. The summed E-state index contributed by atoms with van der Waals surface area (Å²) in [4.78, 5) is 6.57. The van der Waals surface area contributed by atoms with Crippen LogP contribution < -0.4 is 0 Å². The summed E-state index contributed by atoms with van der Waals surface area (Å²) >= 11 is 0. The van der Waals surface area contributed by atoms with Crippen molar-refractivity contribution in [1.82, 2.24) is 14.5 Å². The van der Waals surface area contributed by atoms with Gasteiger partial charge in [-0.2, -0.15) is 0 Å². The van der Waals surface area contributed by atoms with Gasteiger partial charge in [-0.3, -0.25) is 0 Å². The van der Waals surface area contributed by atoms with Gasteiger partial charge in [0.05, 0.1) is 23.7 Å². The lowest BCUT2D eigenvalue weighted by molar-refractivity contribution is 0.127. The molecular weight excluding hydrogens is 386 g/mol. The maximum absolute atomic E-state index is 13.0. The van der Waals surface area contributed by atoms with Crippen LogP contribution in [0.25, 0.3) is 0 Å². The zero-order valence-corrected chi connectivity index (χ0v) is 18.6. The van der Waals surface area contributed by atoms with E-state index in [-0.39, 0.29) is 17.0 Å². The molecule has 0 saturated carbocycles. The van der Waals surface area contributed by atoms with E-state index in [1.165, 1.54) is 5.56 Å². The fourth-order valence-corrected chi connectivity index (χ4v) is 5.38. The first-order valence-electron chi connectivity index (χ1n) is 10.5. The minimum Gasteiger partial charge on any atom is -0.377 e. The maximum Gasteiger partial charge on any atom is 0.227 e. The molecule has 0 radical (unpaired) electrons. The molecule has 1 saturated heterocycles. The molecule has 29 heavy (non-hydrogen) atoms. The lowest BCUT2D eigenvalue weighted by atomic mass is 10.1. The van der Waals surface area contributed by atoms with Crippen LogP contribution in [-0.4, -0.2) is 54.9 Å². The van der Waals surface area contributed by atoms with E-state index in [1.54, 1.807) is 6.20 Å². The second-order valence-corrected chi connectivity index (χ2v) is 10.4. The van der Waals surface area contributed by atoms with Gasteiger partial charge in [0.15, 0.2) is 0 Å². The van der Waals surface area contributed by atoms with E-state index >= 15 is 0 Å². The minimum atomic E-state index is -3.48. The van der Waals surface area contributed by atoms with E-state index < -0.39 is 9.84 Å². The van der Waals surface area contributed by atoms with Gasteiger partial charge < -0.3 is 14.2 Å². The number of nitrogens with zero attached hydrogens (tertiary/aromatic N) is 3. The highest BCUT2D eigenvalue weighted by atomic mass is 32.2. The number of hydrogen-bond acceptors (Lipinski definition) is 5. The van der Waals surface area contributed by atoms with Crippen molar-refractivity contribution in [3.8, 4) is 0 Å². The average molecular weight is 420 g/mol. The van der Waals surface area contributed by atoms with Gasteiger partial charge in [-0.25, -0.2) is 13.4 Å². The Labute approximate surface area is 174 Å². The molecule has 0 spiro atoms. The SMILES string of the molecule is CC(C)Cn1c(CN(C)CCc2ccccc2)cnc1S(=O)(=O)CC1CCCO1. The number of rotatable bonds is 10. The third kappa shape index (κ3) is 6.14. The van der Waals surface area contributed by atoms with Gasteiger partial charge >= 0.3 is 0 Å². The van der Waals surface area contributed by atoms with Crippen molar-refractivity contribution in [1.29, 1.82) is 0 Å². The number of ether oxygens (including phenoxy) is 1. The molecule has 6 nitrogen and oxygen atoms in total. The van der Waals surface area contributed by atoms with Crippen LogP contribution in [0, 0.1) is 5.92 Å². The van der Waals surface area contributed by atoms with Crippen molar-refractivity contribution in [2.45, 2.75) is 57.5 Å². The van der Waals surface area contributed by atoms with Crippen LogP contribution in [0.5, 0.6) is 0 Å². The highest BCUT2D eigenvalue weighted by Gasteiger charge is 2.29. The molecule has 1 unspecified atom stereocenters. The number of benzene rings is 1. The van der Waals surface area contributed by atoms with Crippen molar-refractivity contribution in [3.63, 3.8) is 0 Å². The van der Waals surface area contributed by atoms with Gasteiger partial charge in [-0.1, -0.05) is 44.2 Å². The van der Waals surface area contributed by atoms with Crippen LogP contribution in [-0.2, 0) is 34.1 Å². The summed E-state index contributed by atoms with van der Waals surface area (Å²) in [5, 5.41) is 0.188. The Hall–Kier alpha value is -1.70. The summed E-state index contributed by atoms with van der Waals surface area (Å²) < 4.78 is 33.5. The van der Waals surface area contributed by atoms with Crippen LogP contribution in [0.4, 0.5) is 0 Å². The third-order valence-corrected chi connectivity index (χ3v) is 6.91. The Morgan fingerprint density at radius 2 is 2.03 bits per heavy atom. The van der Waals surface area contributed by atoms with Crippen molar-refractivity contribution in [2.75, 3.05) is 26.0 Å². The lowest BCUT2D eigenvalue weighted by Gasteiger charge is -2.20. The van der Waals surface area contributed by atoms with Gasteiger partial charge in [-0.05, 0) is 37.8 Å². The molecule has 0 N–H and O–H groups in total. The molecule has 1 fully saturated rings. The van der Waals surface area contributed by atoms with Gasteiger partial charge in [0, 0.05) is 26.2 Å². The molecule has 7 heteroatoms. The quantitative estimate of drug-likeness (QED) is 0.592. The molecule has 1 aliphatic rings. The molecule has 3 rings (SSSR count). The van der Waals surface area contributed by atoms with E-state index in [9.17, 15) is 8.42 Å².